The number of thiazole rings is 1. The fraction of sp³-hybridized carbons (Fsp3) is 0.100. The molecule has 0 spiro atoms. The van der Waals surface area contributed by atoms with Crippen molar-refractivity contribution in [2.75, 3.05) is 5.32 Å². The number of nitrogens with zero attached hydrogens (tertiary/aromatic N) is 2. The average Bonchev–Trinajstić information content (AvgIpc) is 3.13. The van der Waals surface area contributed by atoms with Crippen LogP contribution in [0.3, 0.4) is 0 Å². The smallest absolute Gasteiger partial charge is 0.136 e. The molecule has 3 nitrogen and oxygen atoms in total. The maximum atomic E-state index is 9.47. The molecule has 0 saturated heterocycles. The molecule has 0 unspecified atom stereocenters. The number of benzene rings is 2. The summed E-state index contributed by atoms with van der Waals surface area (Å²) >= 11 is 1.48. The van der Waals surface area contributed by atoms with Gasteiger partial charge >= 0.3 is 0 Å². The third-order valence-corrected chi connectivity index (χ3v) is 4.57. The first-order valence-electron chi connectivity index (χ1n) is 7.78. The van der Waals surface area contributed by atoms with E-state index >= 15 is 0 Å². The van der Waals surface area contributed by atoms with Gasteiger partial charge in [-0.1, -0.05) is 55.5 Å². The van der Waals surface area contributed by atoms with E-state index in [0.29, 0.717) is 5.57 Å². The van der Waals surface area contributed by atoms with Crippen LogP contribution < -0.4 is 5.32 Å². The van der Waals surface area contributed by atoms with E-state index in [1.54, 1.807) is 6.20 Å². The zero-order valence-corrected chi connectivity index (χ0v) is 14.2. The van der Waals surface area contributed by atoms with E-state index in [1.165, 1.54) is 16.9 Å². The van der Waals surface area contributed by atoms with Crippen molar-refractivity contribution in [2.24, 2.45) is 0 Å². The molecule has 24 heavy (non-hydrogen) atoms. The molecule has 2 aromatic carbocycles. The van der Waals surface area contributed by atoms with Crippen LogP contribution >= 0.6 is 11.3 Å². The normalized spacial score (nSPS) is 11.1. The first-order chi connectivity index (χ1) is 11.8. The van der Waals surface area contributed by atoms with Crippen molar-refractivity contribution < 1.29 is 0 Å². The van der Waals surface area contributed by atoms with E-state index < -0.39 is 0 Å². The number of hydrogen-bond acceptors (Lipinski definition) is 4. The minimum Gasteiger partial charge on any atom is -0.360 e. The number of allylic oxidation sites excluding steroid dienone is 1. The highest BCUT2D eigenvalue weighted by Gasteiger charge is 2.09. The Balaban J connectivity index is 1.84. The maximum Gasteiger partial charge on any atom is 0.136 e. The van der Waals surface area contributed by atoms with Gasteiger partial charge in [0.2, 0.25) is 0 Å². The topological polar surface area (TPSA) is 48.7 Å². The molecule has 0 aliphatic carbocycles. The number of aromatic nitrogens is 1. The van der Waals surface area contributed by atoms with Gasteiger partial charge in [-0.3, -0.25) is 0 Å². The van der Waals surface area contributed by atoms with E-state index in [9.17, 15) is 5.26 Å². The molecule has 1 aromatic heterocycles. The number of aryl methyl sites for hydroxylation is 1. The molecule has 0 aliphatic heterocycles. The fourth-order valence-corrected chi connectivity index (χ4v) is 3.19. The van der Waals surface area contributed by atoms with Crippen molar-refractivity contribution in [1.29, 1.82) is 5.26 Å². The van der Waals surface area contributed by atoms with Crippen molar-refractivity contribution in [1.82, 2.24) is 4.98 Å². The quantitative estimate of drug-likeness (QED) is 0.641. The molecule has 0 fully saturated rings. The van der Waals surface area contributed by atoms with Gasteiger partial charge in [0.1, 0.15) is 16.6 Å². The van der Waals surface area contributed by atoms with Crippen LogP contribution in [0.4, 0.5) is 5.69 Å². The van der Waals surface area contributed by atoms with Gasteiger partial charge in [-0.2, -0.15) is 5.26 Å². The van der Waals surface area contributed by atoms with E-state index in [-0.39, 0.29) is 0 Å². The lowest BCUT2D eigenvalue weighted by Gasteiger charge is -2.07. The Morgan fingerprint density at radius 1 is 1.17 bits per heavy atom. The summed E-state index contributed by atoms with van der Waals surface area (Å²) in [5, 5.41) is 15.4. The molecule has 1 N–H and O–H groups in total. The maximum absolute atomic E-state index is 9.47. The molecule has 0 saturated carbocycles. The summed E-state index contributed by atoms with van der Waals surface area (Å²) in [5.74, 6) is 0. The second-order valence-electron chi connectivity index (χ2n) is 5.23. The van der Waals surface area contributed by atoms with Crippen LogP contribution in [-0.4, -0.2) is 4.98 Å². The molecule has 0 atom stereocenters. The number of nitriles is 1. The average molecular weight is 331 g/mol. The predicted octanol–water partition coefficient (Wildman–Crippen LogP) is 5.35. The van der Waals surface area contributed by atoms with Gasteiger partial charge in [0, 0.05) is 22.8 Å². The summed E-state index contributed by atoms with van der Waals surface area (Å²) in [6.07, 6.45) is 2.68. The number of anilines is 1. The highest BCUT2D eigenvalue weighted by Crippen LogP contribution is 2.26. The number of para-hydroxylation sites is 1. The van der Waals surface area contributed by atoms with Crippen molar-refractivity contribution in [3.05, 3.63) is 76.7 Å². The third kappa shape index (κ3) is 3.53. The highest BCUT2D eigenvalue weighted by atomic mass is 32.1. The monoisotopic (exact) mass is 331 g/mol. The van der Waals surface area contributed by atoms with E-state index in [4.69, 9.17) is 0 Å². The summed E-state index contributed by atoms with van der Waals surface area (Å²) in [6.45, 7) is 2.11. The second kappa shape index (κ2) is 7.58. The Morgan fingerprint density at radius 2 is 1.92 bits per heavy atom. The zero-order valence-electron chi connectivity index (χ0n) is 13.4. The largest absolute Gasteiger partial charge is 0.360 e. The first kappa shape index (κ1) is 16.0. The molecule has 3 rings (SSSR count). The van der Waals surface area contributed by atoms with Crippen molar-refractivity contribution in [3.63, 3.8) is 0 Å². The standard InChI is InChI=1S/C20H17N3S/c1-2-15-8-6-7-11-18(15)22-13-17(12-21)20-23-19(14-24-20)16-9-4-3-5-10-16/h3-11,13-14,22H,2H2,1H3. The zero-order chi connectivity index (χ0) is 16.8. The summed E-state index contributed by atoms with van der Waals surface area (Å²) in [6, 6.07) is 20.3. The van der Waals surface area contributed by atoms with Gasteiger partial charge in [0.15, 0.2) is 0 Å². The Bertz CT molecular complexity index is 889. The minimum atomic E-state index is 0.535. The first-order valence-corrected chi connectivity index (χ1v) is 8.66. The molecule has 0 aliphatic rings. The Morgan fingerprint density at radius 3 is 2.67 bits per heavy atom. The number of rotatable bonds is 5. The Labute approximate surface area is 145 Å². The molecular formula is C20H17N3S. The van der Waals surface area contributed by atoms with Crippen LogP contribution in [0.1, 0.15) is 17.5 Å². The van der Waals surface area contributed by atoms with Crippen molar-refractivity contribution in [3.8, 4) is 17.3 Å². The summed E-state index contributed by atoms with van der Waals surface area (Å²) in [5.41, 5.74) is 4.73. The molecule has 0 bridgehead atoms. The van der Waals surface area contributed by atoms with Gasteiger partial charge in [0.05, 0.1) is 5.69 Å². The molecule has 3 aromatic rings. The van der Waals surface area contributed by atoms with E-state index in [0.717, 1.165) is 28.4 Å². The molecule has 1 heterocycles. The van der Waals surface area contributed by atoms with Crippen LogP contribution in [0, 0.1) is 11.3 Å². The van der Waals surface area contributed by atoms with Crippen LogP contribution in [0.2, 0.25) is 0 Å². The van der Waals surface area contributed by atoms with Gasteiger partial charge in [0.25, 0.3) is 0 Å². The molecule has 118 valence electrons. The molecule has 0 amide bonds. The minimum absolute atomic E-state index is 0.535. The summed E-state index contributed by atoms with van der Waals surface area (Å²) in [7, 11) is 0. The lowest BCUT2D eigenvalue weighted by Crippen LogP contribution is -1.95. The Kier molecular flexibility index (Phi) is 5.05. The SMILES string of the molecule is CCc1ccccc1NC=C(C#N)c1nc(-c2ccccc2)cs1. The predicted molar refractivity (Wildman–Crippen MR) is 101 cm³/mol. The highest BCUT2D eigenvalue weighted by molar-refractivity contribution is 7.11. The summed E-state index contributed by atoms with van der Waals surface area (Å²) < 4.78 is 0. The molecule has 0 radical (unpaired) electrons. The van der Waals surface area contributed by atoms with Crippen LogP contribution in [-0.2, 0) is 6.42 Å². The molecule has 4 heteroatoms. The van der Waals surface area contributed by atoms with Crippen LogP contribution in [0.25, 0.3) is 16.8 Å². The van der Waals surface area contributed by atoms with Crippen LogP contribution in [0.5, 0.6) is 0 Å². The van der Waals surface area contributed by atoms with E-state index in [2.05, 4.69) is 29.4 Å². The van der Waals surface area contributed by atoms with Crippen molar-refractivity contribution in [2.45, 2.75) is 13.3 Å². The summed E-state index contributed by atoms with van der Waals surface area (Å²) in [4.78, 5) is 4.59. The third-order valence-electron chi connectivity index (χ3n) is 3.69. The van der Waals surface area contributed by atoms with Gasteiger partial charge in [-0.25, -0.2) is 4.98 Å². The lowest BCUT2D eigenvalue weighted by atomic mass is 10.1. The van der Waals surface area contributed by atoms with Gasteiger partial charge in [-0.05, 0) is 18.1 Å². The number of hydrogen-bond donors (Lipinski definition) is 1. The van der Waals surface area contributed by atoms with Crippen molar-refractivity contribution >= 4 is 22.6 Å². The van der Waals surface area contributed by atoms with E-state index in [1.807, 2.05) is 53.9 Å². The lowest BCUT2D eigenvalue weighted by molar-refractivity contribution is 1.14. The number of nitrogens with one attached hydrogen (secondary N) is 1. The van der Waals surface area contributed by atoms with Crippen LogP contribution in [0.15, 0.2) is 66.2 Å². The fourth-order valence-electron chi connectivity index (χ4n) is 2.40. The second-order valence-corrected chi connectivity index (χ2v) is 6.09. The van der Waals surface area contributed by atoms with Gasteiger partial charge < -0.3 is 5.32 Å². The molecular weight excluding hydrogens is 314 g/mol. The Hall–Kier alpha value is -2.90. The van der Waals surface area contributed by atoms with Gasteiger partial charge in [-0.15, -0.1) is 11.3 Å².